The standard InChI is InChI=1S/C22H22ClFN4O4/c1-3-22(14-4-8-16(24)9-5-14)20(31)28(21(32)26-22)13-19(30)27(2)12-18(29)25-17-10-6-15(23)7-11-17/h4-11H,3,12-13H2,1-2H3,(H,25,29)(H,26,32)/t22-/m0/s1. The van der Waals surface area contributed by atoms with Crippen molar-refractivity contribution in [3.05, 3.63) is 64.9 Å². The zero-order chi connectivity index (χ0) is 23.5. The molecule has 32 heavy (non-hydrogen) atoms. The number of anilines is 1. The van der Waals surface area contributed by atoms with E-state index < -0.39 is 41.7 Å². The SMILES string of the molecule is CC[C@@]1(c2ccc(F)cc2)NC(=O)N(CC(=O)N(C)CC(=O)Nc2ccc(Cl)cc2)C1=O. The number of nitrogens with zero attached hydrogens (tertiary/aromatic N) is 2. The van der Waals surface area contributed by atoms with Crippen LogP contribution in [0.25, 0.3) is 0 Å². The van der Waals surface area contributed by atoms with Crippen LogP contribution in [0.5, 0.6) is 0 Å². The maximum Gasteiger partial charge on any atom is 0.325 e. The van der Waals surface area contributed by atoms with Crippen LogP contribution >= 0.6 is 11.6 Å². The number of benzene rings is 2. The normalized spacial score (nSPS) is 17.8. The average molecular weight is 461 g/mol. The smallest absolute Gasteiger partial charge is 0.325 e. The molecule has 1 aliphatic heterocycles. The van der Waals surface area contributed by atoms with Crippen LogP contribution < -0.4 is 10.6 Å². The lowest BCUT2D eigenvalue weighted by atomic mass is 9.87. The van der Waals surface area contributed by atoms with Gasteiger partial charge in [0.2, 0.25) is 11.8 Å². The molecule has 10 heteroatoms. The second kappa shape index (κ2) is 9.35. The Kier molecular flexibility index (Phi) is 6.78. The maximum absolute atomic E-state index is 13.3. The molecule has 0 unspecified atom stereocenters. The van der Waals surface area contributed by atoms with E-state index in [0.29, 0.717) is 16.3 Å². The maximum atomic E-state index is 13.3. The summed E-state index contributed by atoms with van der Waals surface area (Å²) in [6, 6.07) is 11.0. The molecule has 5 amide bonds. The number of carbonyl (C=O) groups is 4. The minimum absolute atomic E-state index is 0.216. The van der Waals surface area contributed by atoms with Crippen molar-refractivity contribution in [3.8, 4) is 0 Å². The third kappa shape index (κ3) is 4.72. The van der Waals surface area contributed by atoms with Crippen molar-refractivity contribution in [1.82, 2.24) is 15.1 Å². The van der Waals surface area contributed by atoms with Crippen molar-refractivity contribution in [3.63, 3.8) is 0 Å². The van der Waals surface area contributed by atoms with E-state index in [9.17, 15) is 23.6 Å². The van der Waals surface area contributed by atoms with Gasteiger partial charge in [0.25, 0.3) is 5.91 Å². The third-order valence-electron chi connectivity index (χ3n) is 5.27. The summed E-state index contributed by atoms with van der Waals surface area (Å²) in [4.78, 5) is 52.3. The Balaban J connectivity index is 1.65. The van der Waals surface area contributed by atoms with Crippen LogP contribution in [0.15, 0.2) is 48.5 Å². The fraction of sp³-hybridized carbons (Fsp3) is 0.273. The summed E-state index contributed by atoms with van der Waals surface area (Å²) in [6.45, 7) is 0.903. The molecule has 1 aliphatic rings. The second-order valence-electron chi connectivity index (χ2n) is 7.39. The highest BCUT2D eigenvalue weighted by Crippen LogP contribution is 2.32. The molecule has 1 saturated heterocycles. The minimum atomic E-state index is -1.38. The molecule has 1 atom stereocenters. The number of amides is 5. The van der Waals surface area contributed by atoms with Crippen LogP contribution in [-0.4, -0.2) is 53.7 Å². The monoisotopic (exact) mass is 460 g/mol. The molecule has 0 bridgehead atoms. The molecular weight excluding hydrogens is 439 g/mol. The molecule has 0 saturated carbocycles. The van der Waals surface area contributed by atoms with E-state index in [1.165, 1.54) is 31.3 Å². The topological polar surface area (TPSA) is 98.8 Å². The third-order valence-corrected chi connectivity index (χ3v) is 5.52. The van der Waals surface area contributed by atoms with Crippen molar-refractivity contribution in [1.29, 1.82) is 0 Å². The van der Waals surface area contributed by atoms with Crippen LogP contribution in [0.4, 0.5) is 14.9 Å². The van der Waals surface area contributed by atoms with Gasteiger partial charge in [0.1, 0.15) is 17.9 Å². The Morgan fingerprint density at radius 2 is 1.75 bits per heavy atom. The molecule has 0 aromatic heterocycles. The summed E-state index contributed by atoms with van der Waals surface area (Å²) >= 11 is 5.81. The zero-order valence-corrected chi connectivity index (χ0v) is 18.3. The molecule has 1 heterocycles. The van der Waals surface area contributed by atoms with Crippen molar-refractivity contribution in [2.75, 3.05) is 25.5 Å². The van der Waals surface area contributed by atoms with E-state index in [1.54, 1.807) is 31.2 Å². The van der Waals surface area contributed by atoms with Gasteiger partial charge in [-0.3, -0.25) is 19.3 Å². The number of hydrogen-bond acceptors (Lipinski definition) is 4. The van der Waals surface area contributed by atoms with Crippen LogP contribution in [0.2, 0.25) is 5.02 Å². The first-order valence-corrected chi connectivity index (χ1v) is 10.2. The van der Waals surface area contributed by atoms with Gasteiger partial charge in [-0.1, -0.05) is 30.7 Å². The Bertz CT molecular complexity index is 1040. The van der Waals surface area contributed by atoms with Crippen molar-refractivity contribution < 1.29 is 23.6 Å². The van der Waals surface area contributed by atoms with Gasteiger partial charge >= 0.3 is 6.03 Å². The van der Waals surface area contributed by atoms with E-state index in [4.69, 9.17) is 11.6 Å². The van der Waals surface area contributed by atoms with Crippen LogP contribution in [0.1, 0.15) is 18.9 Å². The number of hydrogen-bond donors (Lipinski definition) is 2. The lowest BCUT2D eigenvalue weighted by molar-refractivity contribution is -0.139. The van der Waals surface area contributed by atoms with Gasteiger partial charge in [0.15, 0.2) is 0 Å². The number of carbonyl (C=O) groups excluding carboxylic acids is 4. The van der Waals surface area contributed by atoms with Crippen molar-refractivity contribution >= 4 is 41.0 Å². The molecule has 2 N–H and O–H groups in total. The summed E-state index contributed by atoms with van der Waals surface area (Å²) in [5.74, 6) is -2.12. The molecule has 8 nitrogen and oxygen atoms in total. The molecule has 3 rings (SSSR count). The molecule has 1 fully saturated rings. The fourth-order valence-electron chi connectivity index (χ4n) is 3.44. The predicted octanol–water partition coefficient (Wildman–Crippen LogP) is 2.73. The summed E-state index contributed by atoms with van der Waals surface area (Å²) in [6.07, 6.45) is 0.216. The predicted molar refractivity (Wildman–Crippen MR) is 116 cm³/mol. The highest BCUT2D eigenvalue weighted by Gasteiger charge is 2.51. The van der Waals surface area contributed by atoms with Gasteiger partial charge in [-0.2, -0.15) is 0 Å². The van der Waals surface area contributed by atoms with Crippen molar-refractivity contribution in [2.24, 2.45) is 0 Å². The van der Waals surface area contributed by atoms with Gasteiger partial charge in [-0.05, 0) is 48.4 Å². The van der Waals surface area contributed by atoms with Crippen molar-refractivity contribution in [2.45, 2.75) is 18.9 Å². The van der Waals surface area contributed by atoms with Gasteiger partial charge in [-0.25, -0.2) is 9.18 Å². The van der Waals surface area contributed by atoms with E-state index in [2.05, 4.69) is 10.6 Å². The van der Waals surface area contributed by atoms with Gasteiger partial charge in [0, 0.05) is 17.8 Å². The van der Waals surface area contributed by atoms with E-state index in [0.717, 1.165) is 9.80 Å². The van der Waals surface area contributed by atoms with E-state index in [1.807, 2.05) is 0 Å². The van der Waals surface area contributed by atoms with E-state index in [-0.39, 0.29) is 13.0 Å². The lowest BCUT2D eigenvalue weighted by Gasteiger charge is -2.26. The van der Waals surface area contributed by atoms with Gasteiger partial charge < -0.3 is 15.5 Å². The van der Waals surface area contributed by atoms with Crippen LogP contribution in [-0.2, 0) is 19.9 Å². The lowest BCUT2D eigenvalue weighted by Crippen LogP contribution is -2.46. The Morgan fingerprint density at radius 1 is 1.12 bits per heavy atom. The number of rotatable bonds is 7. The molecule has 2 aromatic rings. The quantitative estimate of drug-likeness (QED) is 0.620. The number of imide groups is 1. The van der Waals surface area contributed by atoms with Gasteiger partial charge in [0.05, 0.1) is 6.54 Å². The first-order valence-electron chi connectivity index (χ1n) is 9.86. The average Bonchev–Trinajstić information content (AvgIpc) is 3.00. The second-order valence-corrected chi connectivity index (χ2v) is 7.83. The fourth-order valence-corrected chi connectivity index (χ4v) is 3.56. The molecule has 0 aliphatic carbocycles. The summed E-state index contributed by atoms with van der Waals surface area (Å²) < 4.78 is 13.3. The summed E-state index contributed by atoms with van der Waals surface area (Å²) in [7, 11) is 1.40. The first-order chi connectivity index (χ1) is 15.2. The molecule has 168 valence electrons. The molecule has 0 spiro atoms. The molecule has 0 radical (unpaired) electrons. The number of nitrogens with one attached hydrogen (secondary N) is 2. The number of halogens is 2. The number of urea groups is 1. The summed E-state index contributed by atoms with van der Waals surface area (Å²) in [5.41, 5.74) is -0.443. The highest BCUT2D eigenvalue weighted by molar-refractivity contribution is 6.30. The van der Waals surface area contributed by atoms with Gasteiger partial charge in [-0.15, -0.1) is 0 Å². The van der Waals surface area contributed by atoms with Crippen LogP contribution in [0.3, 0.4) is 0 Å². The Hall–Kier alpha value is -3.46. The minimum Gasteiger partial charge on any atom is -0.335 e. The first kappa shape index (κ1) is 23.2. The van der Waals surface area contributed by atoms with Crippen LogP contribution in [0, 0.1) is 5.82 Å². The Labute approximate surface area is 189 Å². The molecular formula is C22H22ClFN4O4. The highest BCUT2D eigenvalue weighted by atomic mass is 35.5. The number of likely N-dealkylation sites (N-methyl/N-ethyl adjacent to an activating group) is 1. The Morgan fingerprint density at radius 3 is 2.34 bits per heavy atom. The summed E-state index contributed by atoms with van der Waals surface area (Å²) in [5, 5.41) is 5.78. The largest absolute Gasteiger partial charge is 0.335 e. The zero-order valence-electron chi connectivity index (χ0n) is 17.5. The van der Waals surface area contributed by atoms with E-state index >= 15 is 0 Å². The molecule has 2 aromatic carbocycles.